The second kappa shape index (κ2) is 8.16. The van der Waals surface area contributed by atoms with Crippen LogP contribution in [-0.4, -0.2) is 42.8 Å². The molecule has 0 aliphatic carbocycles. The normalized spacial score (nSPS) is 19.2. The van der Waals surface area contributed by atoms with Gasteiger partial charge in [0.05, 0.1) is 5.92 Å². The molecule has 1 saturated heterocycles. The number of hydrogen-bond donors (Lipinski definition) is 0. The Labute approximate surface area is 180 Å². The van der Waals surface area contributed by atoms with Gasteiger partial charge in [-0.2, -0.15) is 4.31 Å². The van der Waals surface area contributed by atoms with E-state index in [1.54, 1.807) is 18.2 Å². The molecule has 1 atom stereocenters. The average molecular weight is 439 g/mol. The Kier molecular flexibility index (Phi) is 5.21. The summed E-state index contributed by atoms with van der Waals surface area (Å²) in [5.41, 5.74) is 1.57. The molecule has 1 fully saturated rings. The lowest BCUT2D eigenvalue weighted by molar-refractivity contribution is 0.174. The van der Waals surface area contributed by atoms with Gasteiger partial charge in [-0.1, -0.05) is 30.3 Å². The third-order valence-electron chi connectivity index (χ3n) is 5.39. The van der Waals surface area contributed by atoms with Crippen LogP contribution >= 0.6 is 0 Å². The molecule has 0 bridgehead atoms. The molecule has 0 radical (unpaired) electrons. The second-order valence-corrected chi connectivity index (χ2v) is 9.29. The Bertz CT molecular complexity index is 1210. The predicted molar refractivity (Wildman–Crippen MR) is 114 cm³/mol. The number of piperidine rings is 1. The molecule has 31 heavy (non-hydrogen) atoms. The molecule has 0 amide bonds. The highest BCUT2D eigenvalue weighted by molar-refractivity contribution is 7.92. The van der Waals surface area contributed by atoms with E-state index < -0.39 is 10.0 Å². The van der Waals surface area contributed by atoms with Crippen molar-refractivity contribution >= 4 is 16.1 Å². The van der Waals surface area contributed by atoms with Crippen LogP contribution in [0.25, 0.3) is 17.5 Å². The number of rotatable bonds is 5. The smallest absolute Gasteiger partial charge is 0.247 e. The summed E-state index contributed by atoms with van der Waals surface area (Å²) in [5.74, 6) is 1.98. The molecule has 0 saturated carbocycles. The van der Waals surface area contributed by atoms with Gasteiger partial charge in [-0.05, 0) is 42.7 Å². The van der Waals surface area contributed by atoms with Crippen LogP contribution in [0.5, 0.6) is 11.5 Å². The Balaban J connectivity index is 1.31. The molecular weight excluding hydrogens is 418 g/mol. The molecule has 3 heterocycles. The van der Waals surface area contributed by atoms with Crippen LogP contribution in [-0.2, 0) is 10.0 Å². The summed E-state index contributed by atoms with van der Waals surface area (Å²) in [4.78, 5) is 0. The summed E-state index contributed by atoms with van der Waals surface area (Å²) < 4.78 is 43.7. The van der Waals surface area contributed by atoms with Crippen LogP contribution in [0.3, 0.4) is 0 Å². The molecule has 2 aromatic carbocycles. The number of ether oxygens (including phenoxy) is 2. The van der Waals surface area contributed by atoms with Crippen LogP contribution in [0.2, 0.25) is 0 Å². The summed E-state index contributed by atoms with van der Waals surface area (Å²) in [7, 11) is -3.54. The maximum Gasteiger partial charge on any atom is 0.247 e. The molecule has 2 aliphatic heterocycles. The number of nitrogens with zero attached hydrogens (tertiary/aromatic N) is 3. The van der Waals surface area contributed by atoms with Crippen molar-refractivity contribution < 1.29 is 22.3 Å². The van der Waals surface area contributed by atoms with E-state index in [9.17, 15) is 8.42 Å². The lowest BCUT2D eigenvalue weighted by Crippen LogP contribution is -2.38. The zero-order valence-corrected chi connectivity index (χ0v) is 17.5. The Morgan fingerprint density at radius 3 is 2.74 bits per heavy atom. The van der Waals surface area contributed by atoms with Gasteiger partial charge in [0.15, 0.2) is 11.5 Å². The highest BCUT2D eigenvalue weighted by atomic mass is 32.2. The number of aromatic nitrogens is 2. The van der Waals surface area contributed by atoms with Gasteiger partial charge in [-0.15, -0.1) is 10.2 Å². The third kappa shape index (κ3) is 4.19. The van der Waals surface area contributed by atoms with Gasteiger partial charge < -0.3 is 13.9 Å². The summed E-state index contributed by atoms with van der Waals surface area (Å²) in [6.45, 7) is 0.977. The van der Waals surface area contributed by atoms with Crippen molar-refractivity contribution in [2.24, 2.45) is 0 Å². The van der Waals surface area contributed by atoms with Crippen molar-refractivity contribution in [2.45, 2.75) is 18.8 Å². The van der Waals surface area contributed by atoms with Gasteiger partial charge in [0.1, 0.15) is 0 Å². The van der Waals surface area contributed by atoms with E-state index in [1.165, 1.54) is 9.71 Å². The summed E-state index contributed by atoms with van der Waals surface area (Å²) in [5, 5.41) is 9.61. The van der Waals surface area contributed by atoms with Gasteiger partial charge in [-0.25, -0.2) is 8.42 Å². The van der Waals surface area contributed by atoms with Crippen molar-refractivity contribution in [2.75, 3.05) is 19.9 Å². The molecule has 2 aliphatic rings. The first-order valence-electron chi connectivity index (χ1n) is 10.1. The Morgan fingerprint density at radius 1 is 1.03 bits per heavy atom. The molecule has 160 valence electrons. The average Bonchev–Trinajstić information content (AvgIpc) is 3.48. The van der Waals surface area contributed by atoms with Gasteiger partial charge in [0.2, 0.25) is 28.6 Å². The topological polar surface area (TPSA) is 94.8 Å². The number of sulfonamides is 1. The van der Waals surface area contributed by atoms with Crippen molar-refractivity contribution in [1.29, 1.82) is 0 Å². The van der Waals surface area contributed by atoms with E-state index in [1.807, 2.05) is 36.4 Å². The number of fused-ring (bicyclic) bond motifs is 1. The number of hydrogen-bond acceptors (Lipinski definition) is 7. The van der Waals surface area contributed by atoms with Crippen molar-refractivity contribution in [1.82, 2.24) is 14.5 Å². The minimum absolute atomic E-state index is 0.149. The first-order valence-corrected chi connectivity index (χ1v) is 11.6. The monoisotopic (exact) mass is 439 g/mol. The molecule has 9 heteroatoms. The largest absolute Gasteiger partial charge is 0.454 e. The van der Waals surface area contributed by atoms with E-state index in [-0.39, 0.29) is 12.7 Å². The summed E-state index contributed by atoms with van der Waals surface area (Å²) in [6.07, 6.45) is 3.13. The van der Waals surface area contributed by atoms with Crippen LogP contribution in [0.4, 0.5) is 0 Å². The molecule has 0 unspecified atom stereocenters. The fourth-order valence-electron chi connectivity index (χ4n) is 3.74. The highest BCUT2D eigenvalue weighted by Gasteiger charge is 2.31. The van der Waals surface area contributed by atoms with Crippen LogP contribution in [0.1, 0.15) is 30.2 Å². The summed E-state index contributed by atoms with van der Waals surface area (Å²) in [6, 6.07) is 14.8. The fourth-order valence-corrected chi connectivity index (χ4v) is 5.01. The lowest BCUT2D eigenvalue weighted by Gasteiger charge is -2.29. The first kappa shape index (κ1) is 19.8. The van der Waals surface area contributed by atoms with Gasteiger partial charge in [-0.3, -0.25) is 0 Å². The molecule has 8 nitrogen and oxygen atoms in total. The SMILES string of the molecule is O=S(=O)(/C=C/c1ccccc1)N1CCC[C@H](c2nnc(-c3ccc4c(c3)OCO4)o2)C1. The fraction of sp³-hybridized carbons (Fsp3) is 0.273. The zero-order chi connectivity index (χ0) is 21.3. The Morgan fingerprint density at radius 2 is 1.87 bits per heavy atom. The molecular formula is C22H21N3O5S. The Hall–Kier alpha value is -3.17. The van der Waals surface area contributed by atoms with E-state index in [4.69, 9.17) is 13.9 Å². The van der Waals surface area contributed by atoms with Gasteiger partial charge in [0, 0.05) is 24.1 Å². The third-order valence-corrected chi connectivity index (χ3v) is 6.92. The van der Waals surface area contributed by atoms with Crippen molar-refractivity contribution in [3.63, 3.8) is 0 Å². The maximum absolute atomic E-state index is 12.8. The van der Waals surface area contributed by atoms with E-state index in [0.29, 0.717) is 36.4 Å². The van der Waals surface area contributed by atoms with Crippen LogP contribution in [0.15, 0.2) is 58.4 Å². The zero-order valence-electron chi connectivity index (χ0n) is 16.7. The van der Waals surface area contributed by atoms with Crippen LogP contribution in [0, 0.1) is 0 Å². The standard InChI is InChI=1S/C22H21N3O5S/c26-31(27,12-10-16-5-2-1-3-6-16)25-11-4-7-18(14-25)22-24-23-21(30-22)17-8-9-19-20(13-17)29-15-28-19/h1-3,5-6,8-10,12-13,18H,4,7,11,14-15H2/b12-10+/t18-/m0/s1. The second-order valence-electron chi connectivity index (χ2n) is 7.47. The van der Waals surface area contributed by atoms with E-state index in [0.717, 1.165) is 24.0 Å². The minimum atomic E-state index is -3.54. The molecule has 0 N–H and O–H groups in total. The van der Waals surface area contributed by atoms with Gasteiger partial charge in [0.25, 0.3) is 0 Å². The minimum Gasteiger partial charge on any atom is -0.454 e. The lowest BCUT2D eigenvalue weighted by atomic mass is 10.00. The molecule has 5 rings (SSSR count). The van der Waals surface area contributed by atoms with E-state index in [2.05, 4.69) is 10.2 Å². The van der Waals surface area contributed by atoms with Gasteiger partial charge >= 0.3 is 0 Å². The van der Waals surface area contributed by atoms with E-state index >= 15 is 0 Å². The molecule has 3 aromatic rings. The molecule has 0 spiro atoms. The summed E-state index contributed by atoms with van der Waals surface area (Å²) >= 11 is 0. The quantitative estimate of drug-likeness (QED) is 0.599. The van der Waals surface area contributed by atoms with Crippen molar-refractivity contribution in [3.8, 4) is 23.0 Å². The highest BCUT2D eigenvalue weighted by Crippen LogP contribution is 2.36. The first-order chi connectivity index (χ1) is 15.1. The van der Waals surface area contributed by atoms with Crippen LogP contribution < -0.4 is 9.47 Å². The van der Waals surface area contributed by atoms with Crippen molar-refractivity contribution in [3.05, 3.63) is 65.4 Å². The maximum atomic E-state index is 12.8. The molecule has 1 aromatic heterocycles. The predicted octanol–water partition coefficient (Wildman–Crippen LogP) is 3.65. The number of benzene rings is 2.